The van der Waals surface area contributed by atoms with Gasteiger partial charge in [-0.3, -0.25) is 10.2 Å². The molecule has 1 atom stereocenters. The Morgan fingerprint density at radius 2 is 1.75 bits per heavy atom. The molecular formula is C11H20N4O5. The highest BCUT2D eigenvalue weighted by molar-refractivity contribution is 5.82. The molecule has 2 amide bonds. The van der Waals surface area contributed by atoms with Gasteiger partial charge in [0, 0.05) is 32.6 Å². The number of hydrogen-bond acceptors (Lipinski definition) is 5. The average molecular weight is 288 g/mol. The van der Waals surface area contributed by atoms with Crippen molar-refractivity contribution >= 4 is 18.0 Å². The lowest BCUT2D eigenvalue weighted by molar-refractivity contribution is -0.140. The highest BCUT2D eigenvalue weighted by atomic mass is 16.4. The summed E-state index contributed by atoms with van der Waals surface area (Å²) in [6.45, 7) is 2.91. The Bertz CT molecular complexity index is 368. The third-order valence-corrected chi connectivity index (χ3v) is 3.01. The maximum Gasteiger partial charge on any atom is 0.330 e. The molecule has 20 heavy (non-hydrogen) atoms. The van der Waals surface area contributed by atoms with Gasteiger partial charge in [0.2, 0.25) is 0 Å². The molecule has 0 aromatic carbocycles. The first kappa shape index (κ1) is 16.2. The van der Waals surface area contributed by atoms with E-state index in [9.17, 15) is 14.4 Å². The van der Waals surface area contributed by atoms with Crippen molar-refractivity contribution < 1.29 is 24.6 Å². The van der Waals surface area contributed by atoms with Crippen molar-refractivity contribution in [3.8, 4) is 0 Å². The maximum absolute atomic E-state index is 11.7. The van der Waals surface area contributed by atoms with Crippen LogP contribution in [0.15, 0.2) is 0 Å². The molecule has 0 saturated carbocycles. The second kappa shape index (κ2) is 7.65. The topological polar surface area (TPSA) is 122 Å². The number of likely N-dealkylation sites (N-methyl/N-ethyl adjacent to an activating group) is 1. The maximum atomic E-state index is 11.7. The van der Waals surface area contributed by atoms with Crippen LogP contribution >= 0.6 is 0 Å². The molecule has 0 bridgehead atoms. The SMILES string of the molecule is CN1CCN(NC(=O)N[C@@H](CCC(=O)O)C(=O)O)CC1. The van der Waals surface area contributed by atoms with Crippen LogP contribution in [0.1, 0.15) is 12.8 Å². The van der Waals surface area contributed by atoms with Gasteiger partial charge < -0.3 is 20.4 Å². The molecule has 9 nitrogen and oxygen atoms in total. The number of piperazine rings is 1. The van der Waals surface area contributed by atoms with Gasteiger partial charge in [-0.15, -0.1) is 0 Å². The molecule has 4 N–H and O–H groups in total. The zero-order valence-electron chi connectivity index (χ0n) is 11.3. The fourth-order valence-electron chi connectivity index (χ4n) is 1.78. The Hall–Kier alpha value is -1.87. The van der Waals surface area contributed by atoms with Crippen molar-refractivity contribution in [1.29, 1.82) is 0 Å². The van der Waals surface area contributed by atoms with E-state index in [0.29, 0.717) is 13.1 Å². The zero-order valence-corrected chi connectivity index (χ0v) is 11.3. The first-order valence-electron chi connectivity index (χ1n) is 6.33. The summed E-state index contributed by atoms with van der Waals surface area (Å²) in [5, 5.41) is 21.4. The number of urea groups is 1. The van der Waals surface area contributed by atoms with Crippen LogP contribution in [0.25, 0.3) is 0 Å². The van der Waals surface area contributed by atoms with Crippen molar-refractivity contribution in [3.05, 3.63) is 0 Å². The van der Waals surface area contributed by atoms with Crippen LogP contribution in [0, 0.1) is 0 Å². The van der Waals surface area contributed by atoms with E-state index in [1.165, 1.54) is 0 Å². The van der Waals surface area contributed by atoms with E-state index in [1.807, 2.05) is 7.05 Å². The number of rotatable bonds is 6. The number of hydrazine groups is 1. The molecule has 0 unspecified atom stereocenters. The average Bonchev–Trinajstić information content (AvgIpc) is 2.36. The lowest BCUT2D eigenvalue weighted by Crippen LogP contribution is -2.56. The van der Waals surface area contributed by atoms with Crippen molar-refractivity contribution in [2.75, 3.05) is 33.2 Å². The lowest BCUT2D eigenvalue weighted by Gasteiger charge is -2.32. The fourth-order valence-corrected chi connectivity index (χ4v) is 1.78. The summed E-state index contributed by atoms with van der Waals surface area (Å²) in [6, 6.07) is -1.84. The van der Waals surface area contributed by atoms with E-state index >= 15 is 0 Å². The lowest BCUT2D eigenvalue weighted by atomic mass is 10.1. The minimum Gasteiger partial charge on any atom is -0.481 e. The highest BCUT2D eigenvalue weighted by Gasteiger charge is 2.22. The van der Waals surface area contributed by atoms with E-state index in [4.69, 9.17) is 10.2 Å². The van der Waals surface area contributed by atoms with E-state index in [2.05, 4.69) is 15.6 Å². The molecule has 0 spiro atoms. The zero-order chi connectivity index (χ0) is 15.1. The fraction of sp³-hybridized carbons (Fsp3) is 0.727. The molecule has 0 aromatic heterocycles. The summed E-state index contributed by atoms with van der Waals surface area (Å²) in [4.78, 5) is 35.1. The van der Waals surface area contributed by atoms with Gasteiger partial charge in [-0.1, -0.05) is 0 Å². The Kier molecular flexibility index (Phi) is 6.19. The molecule has 9 heteroatoms. The van der Waals surface area contributed by atoms with E-state index < -0.39 is 24.0 Å². The van der Waals surface area contributed by atoms with Gasteiger partial charge in [0.05, 0.1) is 0 Å². The third kappa shape index (κ3) is 5.85. The molecule has 114 valence electrons. The van der Waals surface area contributed by atoms with E-state index in [1.54, 1.807) is 5.01 Å². The Morgan fingerprint density at radius 1 is 1.15 bits per heavy atom. The third-order valence-electron chi connectivity index (χ3n) is 3.01. The van der Waals surface area contributed by atoms with Crippen molar-refractivity contribution in [2.24, 2.45) is 0 Å². The van der Waals surface area contributed by atoms with Gasteiger partial charge >= 0.3 is 18.0 Å². The largest absolute Gasteiger partial charge is 0.481 e. The number of amides is 2. The van der Waals surface area contributed by atoms with Crippen molar-refractivity contribution in [1.82, 2.24) is 20.7 Å². The molecule has 1 rings (SSSR count). The summed E-state index contributed by atoms with van der Waals surface area (Å²) in [5.74, 6) is -2.35. The predicted octanol–water partition coefficient (Wildman–Crippen LogP) is -1.23. The van der Waals surface area contributed by atoms with E-state index in [0.717, 1.165) is 13.1 Å². The van der Waals surface area contributed by atoms with Crippen molar-refractivity contribution in [3.63, 3.8) is 0 Å². The van der Waals surface area contributed by atoms with Crippen LogP contribution in [0.2, 0.25) is 0 Å². The molecular weight excluding hydrogens is 268 g/mol. The quantitative estimate of drug-likeness (QED) is 0.482. The van der Waals surface area contributed by atoms with Gasteiger partial charge in [0.15, 0.2) is 0 Å². The molecule has 1 aliphatic heterocycles. The molecule has 0 aromatic rings. The van der Waals surface area contributed by atoms with Crippen LogP contribution in [0.4, 0.5) is 4.79 Å². The number of carbonyl (C=O) groups is 3. The summed E-state index contributed by atoms with van der Waals surface area (Å²) in [6.07, 6.45) is -0.466. The number of carboxylic acid groups (broad SMARTS) is 2. The molecule has 1 heterocycles. The molecule has 1 aliphatic rings. The second-order valence-corrected chi connectivity index (χ2v) is 4.70. The number of hydrogen-bond donors (Lipinski definition) is 4. The standard InChI is InChI=1S/C11H20N4O5/c1-14-4-6-15(7-5-14)13-11(20)12-8(10(18)19)2-3-9(16)17/h8H,2-7H2,1H3,(H,16,17)(H,18,19)(H2,12,13,20)/t8-/m0/s1. The number of carboxylic acids is 2. The molecule has 0 radical (unpaired) electrons. The van der Waals surface area contributed by atoms with Crippen molar-refractivity contribution in [2.45, 2.75) is 18.9 Å². The minimum atomic E-state index is -1.25. The smallest absolute Gasteiger partial charge is 0.330 e. The first-order chi connectivity index (χ1) is 9.38. The van der Waals surface area contributed by atoms with Crippen LogP contribution in [-0.4, -0.2) is 77.4 Å². The number of nitrogens with one attached hydrogen (secondary N) is 2. The summed E-state index contributed by atoms with van der Waals surface area (Å²) < 4.78 is 0. The van der Waals surface area contributed by atoms with Crippen LogP contribution in [0.5, 0.6) is 0 Å². The summed E-state index contributed by atoms with van der Waals surface area (Å²) in [5.41, 5.74) is 2.56. The predicted molar refractivity (Wildman–Crippen MR) is 69.0 cm³/mol. The number of carbonyl (C=O) groups excluding carboxylic acids is 1. The van der Waals surface area contributed by atoms with Gasteiger partial charge in [0.25, 0.3) is 0 Å². The second-order valence-electron chi connectivity index (χ2n) is 4.70. The molecule has 1 saturated heterocycles. The van der Waals surface area contributed by atoms with Crippen LogP contribution in [-0.2, 0) is 9.59 Å². The van der Waals surface area contributed by atoms with Gasteiger partial charge in [-0.2, -0.15) is 0 Å². The molecule has 0 aliphatic carbocycles. The van der Waals surface area contributed by atoms with Crippen LogP contribution < -0.4 is 10.7 Å². The highest BCUT2D eigenvalue weighted by Crippen LogP contribution is 1.99. The Labute approximate surface area is 116 Å². The number of aliphatic carboxylic acids is 2. The monoisotopic (exact) mass is 288 g/mol. The normalized spacial score (nSPS) is 18.2. The number of nitrogens with zero attached hydrogens (tertiary/aromatic N) is 2. The summed E-state index contributed by atoms with van der Waals surface area (Å²) in [7, 11) is 1.98. The van der Waals surface area contributed by atoms with Gasteiger partial charge in [0.1, 0.15) is 6.04 Å². The summed E-state index contributed by atoms with van der Waals surface area (Å²) >= 11 is 0. The minimum absolute atomic E-state index is 0.152. The first-order valence-corrected chi connectivity index (χ1v) is 6.33. The van der Waals surface area contributed by atoms with E-state index in [-0.39, 0.29) is 12.8 Å². The molecule has 1 fully saturated rings. The Morgan fingerprint density at radius 3 is 2.25 bits per heavy atom. The Balaban J connectivity index is 2.37. The van der Waals surface area contributed by atoms with Crippen LogP contribution in [0.3, 0.4) is 0 Å². The van der Waals surface area contributed by atoms with Gasteiger partial charge in [-0.25, -0.2) is 14.6 Å². The van der Waals surface area contributed by atoms with Gasteiger partial charge in [-0.05, 0) is 13.5 Å².